The molecule has 1 aliphatic heterocycles. The number of anilines is 1. The number of hydrogen-bond donors (Lipinski definition) is 1. The van der Waals surface area contributed by atoms with Crippen molar-refractivity contribution >= 4 is 11.6 Å². The molecule has 3 nitrogen and oxygen atoms in total. The molecule has 1 aromatic carbocycles. The minimum absolute atomic E-state index is 0.315. The van der Waals surface area contributed by atoms with Crippen molar-refractivity contribution < 1.29 is 13.6 Å². The normalized spacial score (nSPS) is 19.2. The zero-order valence-electron chi connectivity index (χ0n) is 11.2. The number of nitrogens with one attached hydrogen (secondary N) is 1. The third-order valence-electron chi connectivity index (χ3n) is 3.84. The molecule has 2 rings (SSSR count). The van der Waals surface area contributed by atoms with Crippen LogP contribution in [-0.4, -0.2) is 30.9 Å². The summed E-state index contributed by atoms with van der Waals surface area (Å²) in [6.45, 7) is 3.46. The van der Waals surface area contributed by atoms with Gasteiger partial charge in [0.15, 0.2) is 0 Å². The van der Waals surface area contributed by atoms with Gasteiger partial charge in [0.2, 0.25) is 5.91 Å². The monoisotopic (exact) mass is 268 g/mol. The topological polar surface area (TPSA) is 32.3 Å². The first-order valence-corrected chi connectivity index (χ1v) is 6.36. The quantitative estimate of drug-likeness (QED) is 0.894. The van der Waals surface area contributed by atoms with Crippen LogP contribution in [0.5, 0.6) is 0 Å². The Balaban J connectivity index is 2.13. The molecule has 0 bridgehead atoms. The first-order chi connectivity index (χ1) is 8.92. The Morgan fingerprint density at radius 2 is 1.79 bits per heavy atom. The van der Waals surface area contributed by atoms with Gasteiger partial charge >= 0.3 is 0 Å². The van der Waals surface area contributed by atoms with E-state index in [1.165, 1.54) is 6.07 Å². The number of amides is 1. The molecular formula is C14H18F2N2O. The van der Waals surface area contributed by atoms with Crippen molar-refractivity contribution in [2.75, 3.05) is 25.5 Å². The number of likely N-dealkylation sites (tertiary alicyclic amines) is 1. The van der Waals surface area contributed by atoms with E-state index in [1.54, 1.807) is 0 Å². The van der Waals surface area contributed by atoms with Gasteiger partial charge in [-0.2, -0.15) is 0 Å². The summed E-state index contributed by atoms with van der Waals surface area (Å²) >= 11 is 0. The number of piperidine rings is 1. The summed E-state index contributed by atoms with van der Waals surface area (Å²) in [6, 6.07) is 3.54. The summed E-state index contributed by atoms with van der Waals surface area (Å²) in [7, 11) is 1.99. The summed E-state index contributed by atoms with van der Waals surface area (Å²) in [5.41, 5.74) is -0.922. The molecule has 0 unspecified atom stereocenters. The molecule has 1 aromatic rings. The van der Waals surface area contributed by atoms with E-state index in [9.17, 15) is 13.6 Å². The van der Waals surface area contributed by atoms with Gasteiger partial charge < -0.3 is 10.2 Å². The highest BCUT2D eigenvalue weighted by Gasteiger charge is 2.36. The smallest absolute Gasteiger partial charge is 0.230 e. The minimum Gasteiger partial charge on any atom is -0.321 e. The molecule has 1 saturated heterocycles. The lowest BCUT2D eigenvalue weighted by Gasteiger charge is -2.36. The van der Waals surface area contributed by atoms with Crippen molar-refractivity contribution in [2.24, 2.45) is 5.41 Å². The predicted molar refractivity (Wildman–Crippen MR) is 69.8 cm³/mol. The zero-order valence-corrected chi connectivity index (χ0v) is 11.2. The van der Waals surface area contributed by atoms with Gasteiger partial charge in [0.1, 0.15) is 17.3 Å². The highest BCUT2D eigenvalue weighted by Crippen LogP contribution is 2.32. The van der Waals surface area contributed by atoms with Gasteiger partial charge in [-0.15, -0.1) is 0 Å². The summed E-state index contributed by atoms with van der Waals surface area (Å²) in [5.74, 6) is -1.81. The van der Waals surface area contributed by atoms with Crippen molar-refractivity contribution in [1.82, 2.24) is 4.90 Å². The number of hydrogen-bond acceptors (Lipinski definition) is 2. The lowest BCUT2D eigenvalue weighted by molar-refractivity contribution is -0.127. The van der Waals surface area contributed by atoms with Crippen LogP contribution < -0.4 is 5.32 Å². The number of benzene rings is 1. The molecule has 0 radical (unpaired) electrons. The van der Waals surface area contributed by atoms with E-state index in [-0.39, 0.29) is 11.6 Å². The van der Waals surface area contributed by atoms with Gasteiger partial charge in [-0.25, -0.2) is 8.78 Å². The van der Waals surface area contributed by atoms with Crippen LogP contribution in [0.2, 0.25) is 0 Å². The number of carbonyl (C=O) groups is 1. The van der Waals surface area contributed by atoms with Crippen molar-refractivity contribution in [2.45, 2.75) is 19.8 Å². The first-order valence-electron chi connectivity index (χ1n) is 6.36. The molecule has 5 heteroatoms. The number of nitrogens with zero attached hydrogens (tertiary/aromatic N) is 1. The van der Waals surface area contributed by atoms with Crippen LogP contribution in [0.4, 0.5) is 14.5 Å². The maximum Gasteiger partial charge on any atom is 0.230 e. The van der Waals surface area contributed by atoms with Crippen molar-refractivity contribution in [1.29, 1.82) is 0 Å². The summed E-state index contributed by atoms with van der Waals surface area (Å²) < 4.78 is 27.0. The average molecular weight is 268 g/mol. The maximum atomic E-state index is 13.5. The van der Waals surface area contributed by atoms with E-state index < -0.39 is 17.0 Å². The second-order valence-corrected chi connectivity index (χ2v) is 5.41. The van der Waals surface area contributed by atoms with E-state index in [0.29, 0.717) is 12.8 Å². The van der Waals surface area contributed by atoms with Gasteiger partial charge in [0.05, 0.1) is 0 Å². The number of rotatable bonds is 2. The average Bonchev–Trinajstić information content (AvgIpc) is 2.37. The zero-order chi connectivity index (χ0) is 14.0. The van der Waals surface area contributed by atoms with Gasteiger partial charge in [0.25, 0.3) is 0 Å². The Labute approximate surface area is 111 Å². The Morgan fingerprint density at radius 3 is 2.32 bits per heavy atom. The molecule has 0 aliphatic carbocycles. The molecule has 0 saturated carbocycles. The van der Waals surface area contributed by atoms with Crippen molar-refractivity contribution in [3.63, 3.8) is 0 Å². The van der Waals surface area contributed by atoms with Crippen LogP contribution in [0.15, 0.2) is 18.2 Å². The summed E-state index contributed by atoms with van der Waals surface area (Å²) in [5, 5.41) is 2.40. The molecule has 1 N–H and O–H groups in total. The highest BCUT2D eigenvalue weighted by molar-refractivity contribution is 5.95. The SMILES string of the molecule is CN1CCC(C)(C(=O)Nc2c(F)cccc2F)CC1. The van der Waals surface area contributed by atoms with E-state index >= 15 is 0 Å². The molecule has 0 atom stereocenters. The van der Waals surface area contributed by atoms with Gasteiger partial charge in [0, 0.05) is 5.41 Å². The van der Waals surface area contributed by atoms with E-state index in [4.69, 9.17) is 0 Å². The lowest BCUT2D eigenvalue weighted by atomic mass is 9.79. The molecule has 19 heavy (non-hydrogen) atoms. The third-order valence-corrected chi connectivity index (χ3v) is 3.84. The number of carbonyl (C=O) groups excluding carboxylic acids is 1. The molecular weight excluding hydrogens is 250 g/mol. The number of para-hydroxylation sites is 1. The van der Waals surface area contributed by atoms with Gasteiger partial charge in [-0.05, 0) is 45.1 Å². The predicted octanol–water partition coefficient (Wildman–Crippen LogP) is 2.64. The Morgan fingerprint density at radius 1 is 1.26 bits per heavy atom. The van der Waals surface area contributed by atoms with Crippen LogP contribution in [0.25, 0.3) is 0 Å². The van der Waals surface area contributed by atoms with Crippen LogP contribution in [0, 0.1) is 17.0 Å². The maximum absolute atomic E-state index is 13.5. The Bertz CT molecular complexity index is 462. The van der Waals surface area contributed by atoms with Crippen LogP contribution >= 0.6 is 0 Å². The summed E-state index contributed by atoms with van der Waals surface area (Å²) in [6.07, 6.45) is 1.37. The fourth-order valence-corrected chi connectivity index (χ4v) is 2.22. The second-order valence-electron chi connectivity index (χ2n) is 5.41. The molecule has 1 aliphatic rings. The van der Waals surface area contributed by atoms with E-state index in [0.717, 1.165) is 25.2 Å². The number of halogens is 2. The highest BCUT2D eigenvalue weighted by atomic mass is 19.1. The fraction of sp³-hybridized carbons (Fsp3) is 0.500. The standard InChI is InChI=1S/C14H18F2N2O/c1-14(6-8-18(2)9-7-14)13(19)17-12-10(15)4-3-5-11(12)16/h3-5H,6-9H2,1-2H3,(H,17,19). The summed E-state index contributed by atoms with van der Waals surface area (Å²) in [4.78, 5) is 14.4. The Hall–Kier alpha value is -1.49. The molecule has 0 aromatic heterocycles. The largest absolute Gasteiger partial charge is 0.321 e. The van der Waals surface area contributed by atoms with Gasteiger partial charge in [-0.1, -0.05) is 13.0 Å². The molecule has 1 heterocycles. The van der Waals surface area contributed by atoms with Crippen molar-refractivity contribution in [3.05, 3.63) is 29.8 Å². The van der Waals surface area contributed by atoms with Crippen LogP contribution in [0.1, 0.15) is 19.8 Å². The van der Waals surface area contributed by atoms with Gasteiger partial charge in [-0.3, -0.25) is 4.79 Å². The van der Waals surface area contributed by atoms with Crippen molar-refractivity contribution in [3.8, 4) is 0 Å². The molecule has 104 valence electrons. The lowest BCUT2D eigenvalue weighted by Crippen LogP contribution is -2.43. The van der Waals surface area contributed by atoms with E-state index in [2.05, 4.69) is 10.2 Å². The fourth-order valence-electron chi connectivity index (χ4n) is 2.22. The third kappa shape index (κ3) is 2.92. The first kappa shape index (κ1) is 13.9. The minimum atomic E-state index is -0.745. The van der Waals surface area contributed by atoms with E-state index in [1.807, 2.05) is 14.0 Å². The van der Waals surface area contributed by atoms with Crippen LogP contribution in [0.3, 0.4) is 0 Å². The van der Waals surface area contributed by atoms with Crippen LogP contribution in [-0.2, 0) is 4.79 Å². The second kappa shape index (κ2) is 5.25. The molecule has 0 spiro atoms. The molecule has 1 amide bonds. The Kier molecular flexibility index (Phi) is 3.85. The molecule has 1 fully saturated rings.